The van der Waals surface area contributed by atoms with Gasteiger partial charge in [0.05, 0.1) is 12.1 Å². The highest BCUT2D eigenvalue weighted by atomic mass is 79.9. The number of likely N-dealkylation sites (N-methyl/N-ethyl adjacent to an activating group) is 1. The van der Waals surface area contributed by atoms with Gasteiger partial charge in [0.25, 0.3) is 0 Å². The number of nitrogens with zero attached hydrogens (tertiary/aromatic N) is 2. The number of aliphatic hydroxyl groups excluding tert-OH is 2. The van der Waals surface area contributed by atoms with Crippen molar-refractivity contribution in [2.45, 2.75) is 62.1 Å². The Labute approximate surface area is 156 Å². The van der Waals surface area contributed by atoms with Crippen LogP contribution in [0.3, 0.4) is 0 Å². The summed E-state index contributed by atoms with van der Waals surface area (Å²) in [7, 11) is 2.18. The Balaban J connectivity index is 1.59. The molecule has 4 saturated heterocycles. The SMILES string of the molecule is CC[C@@H]1C2C[C@H]3[C@@H]4N(C)c5ccc(Br)cc5C45C[C@@H](C2C5O)N3[C@H]1O. The lowest BCUT2D eigenvalue weighted by Crippen LogP contribution is -2.72. The minimum Gasteiger partial charge on any atom is -0.392 e. The molecule has 7 rings (SSSR count). The maximum atomic E-state index is 11.7. The normalized spacial score (nSPS) is 54.1. The number of piperidine rings is 4. The number of fused-ring (bicyclic) bond motifs is 2. The molecule has 1 aromatic rings. The number of hydrogen-bond acceptors (Lipinski definition) is 4. The first-order chi connectivity index (χ1) is 12.0. The highest BCUT2D eigenvalue weighted by Gasteiger charge is 2.76. The molecule has 10 atom stereocenters. The second-order valence-corrected chi connectivity index (χ2v) is 9.87. The number of benzene rings is 1. The van der Waals surface area contributed by atoms with E-state index in [0.29, 0.717) is 29.8 Å². The van der Waals surface area contributed by atoms with Crippen molar-refractivity contribution in [2.24, 2.45) is 17.8 Å². The fraction of sp³-hybridized carbons (Fsp3) is 0.700. The molecule has 0 radical (unpaired) electrons. The average Bonchev–Trinajstić information content (AvgIpc) is 2.96. The molecule has 0 aromatic heterocycles. The number of rotatable bonds is 1. The summed E-state index contributed by atoms with van der Waals surface area (Å²) in [4.78, 5) is 4.82. The molecule has 0 amide bonds. The van der Waals surface area contributed by atoms with Crippen LogP contribution in [-0.4, -0.2) is 52.6 Å². The maximum absolute atomic E-state index is 11.7. The number of aliphatic hydroxyl groups is 2. The first kappa shape index (κ1) is 15.4. The van der Waals surface area contributed by atoms with Crippen LogP contribution in [0.15, 0.2) is 22.7 Å². The Kier molecular flexibility index (Phi) is 2.85. The molecule has 1 spiro atoms. The summed E-state index contributed by atoms with van der Waals surface area (Å²) in [5, 5.41) is 22.7. The zero-order valence-corrected chi connectivity index (χ0v) is 16.2. The topological polar surface area (TPSA) is 46.9 Å². The number of hydrogen-bond donors (Lipinski definition) is 2. The highest BCUT2D eigenvalue weighted by Crippen LogP contribution is 2.69. The van der Waals surface area contributed by atoms with Gasteiger partial charge in [-0.3, -0.25) is 4.90 Å². The summed E-state index contributed by atoms with van der Waals surface area (Å²) in [6, 6.07) is 7.50. The third kappa shape index (κ3) is 1.47. The maximum Gasteiger partial charge on any atom is 0.111 e. The van der Waals surface area contributed by atoms with Gasteiger partial charge in [-0.15, -0.1) is 0 Å². The molecule has 5 heterocycles. The van der Waals surface area contributed by atoms with Crippen molar-refractivity contribution < 1.29 is 10.2 Å². The van der Waals surface area contributed by atoms with E-state index in [1.165, 1.54) is 11.3 Å². The van der Waals surface area contributed by atoms with Crippen molar-refractivity contribution in [1.82, 2.24) is 4.90 Å². The van der Waals surface area contributed by atoms with E-state index < -0.39 is 0 Å². The van der Waals surface area contributed by atoms with Crippen LogP contribution in [0.25, 0.3) is 0 Å². The third-order valence-electron chi connectivity index (χ3n) is 8.52. The Bertz CT molecular complexity index is 772. The van der Waals surface area contributed by atoms with E-state index in [1.54, 1.807) is 0 Å². The lowest BCUT2D eigenvalue weighted by Gasteiger charge is -2.62. The van der Waals surface area contributed by atoms with E-state index in [-0.39, 0.29) is 23.8 Å². The van der Waals surface area contributed by atoms with Gasteiger partial charge in [0.1, 0.15) is 6.23 Å². The van der Waals surface area contributed by atoms with Crippen molar-refractivity contribution >= 4 is 21.6 Å². The van der Waals surface area contributed by atoms with Crippen molar-refractivity contribution in [3.05, 3.63) is 28.2 Å². The molecule has 1 saturated carbocycles. The highest BCUT2D eigenvalue weighted by molar-refractivity contribution is 9.10. The summed E-state index contributed by atoms with van der Waals surface area (Å²) in [6.45, 7) is 2.19. The Morgan fingerprint density at radius 1 is 1.28 bits per heavy atom. The number of halogens is 1. The van der Waals surface area contributed by atoms with E-state index in [0.717, 1.165) is 23.7 Å². The van der Waals surface area contributed by atoms with Gasteiger partial charge >= 0.3 is 0 Å². The number of anilines is 1. The van der Waals surface area contributed by atoms with Crippen LogP contribution in [-0.2, 0) is 5.41 Å². The van der Waals surface area contributed by atoms with Gasteiger partial charge in [0.2, 0.25) is 0 Å². The van der Waals surface area contributed by atoms with E-state index in [1.807, 2.05) is 0 Å². The molecule has 1 aliphatic carbocycles. The van der Waals surface area contributed by atoms with Crippen LogP contribution in [0.5, 0.6) is 0 Å². The summed E-state index contributed by atoms with van der Waals surface area (Å²) >= 11 is 3.65. The Morgan fingerprint density at radius 3 is 2.84 bits per heavy atom. The molecule has 1 aromatic carbocycles. The smallest absolute Gasteiger partial charge is 0.111 e. The molecule has 4 nitrogen and oxygen atoms in total. The molecule has 25 heavy (non-hydrogen) atoms. The molecule has 6 aliphatic rings. The van der Waals surface area contributed by atoms with E-state index in [2.05, 4.69) is 57.9 Å². The van der Waals surface area contributed by atoms with Gasteiger partial charge in [-0.05, 0) is 48.9 Å². The minimum atomic E-state index is -0.331. The van der Waals surface area contributed by atoms with Gasteiger partial charge in [-0.1, -0.05) is 22.9 Å². The van der Waals surface area contributed by atoms with Crippen molar-refractivity contribution in [2.75, 3.05) is 11.9 Å². The van der Waals surface area contributed by atoms with Crippen LogP contribution in [0, 0.1) is 17.8 Å². The van der Waals surface area contributed by atoms with E-state index in [9.17, 15) is 10.2 Å². The van der Waals surface area contributed by atoms with Gasteiger partial charge in [-0.25, -0.2) is 0 Å². The molecule has 5 unspecified atom stereocenters. The van der Waals surface area contributed by atoms with Gasteiger partial charge in [0.15, 0.2) is 0 Å². The van der Waals surface area contributed by atoms with Crippen LogP contribution in [0.1, 0.15) is 31.7 Å². The van der Waals surface area contributed by atoms with Gasteiger partial charge in [-0.2, -0.15) is 0 Å². The van der Waals surface area contributed by atoms with Crippen LogP contribution in [0.2, 0.25) is 0 Å². The molecule has 5 fully saturated rings. The fourth-order valence-corrected chi connectivity index (χ4v) is 8.26. The summed E-state index contributed by atoms with van der Waals surface area (Å²) < 4.78 is 1.10. The largest absolute Gasteiger partial charge is 0.392 e. The summed E-state index contributed by atoms with van der Waals surface area (Å²) in [5.74, 6) is 1.09. The van der Waals surface area contributed by atoms with Gasteiger partial charge < -0.3 is 15.1 Å². The van der Waals surface area contributed by atoms with Crippen LogP contribution < -0.4 is 4.90 Å². The van der Waals surface area contributed by atoms with E-state index >= 15 is 0 Å². The predicted octanol–water partition coefficient (Wildman–Crippen LogP) is 2.32. The monoisotopic (exact) mass is 404 g/mol. The van der Waals surface area contributed by atoms with Crippen molar-refractivity contribution in [3.63, 3.8) is 0 Å². The first-order valence-electron chi connectivity index (χ1n) is 9.67. The summed E-state index contributed by atoms with van der Waals surface area (Å²) in [6.07, 6.45) is 2.47. The molecule has 134 valence electrons. The quantitative estimate of drug-likeness (QED) is 0.753. The van der Waals surface area contributed by atoms with Crippen molar-refractivity contribution in [3.8, 4) is 0 Å². The zero-order chi connectivity index (χ0) is 17.2. The Hall–Kier alpha value is -0.620. The lowest BCUT2D eigenvalue weighted by atomic mass is 9.62. The predicted molar refractivity (Wildman–Crippen MR) is 99.4 cm³/mol. The molecule has 5 heteroatoms. The molecular weight excluding hydrogens is 380 g/mol. The lowest BCUT2D eigenvalue weighted by molar-refractivity contribution is -0.211. The third-order valence-corrected chi connectivity index (χ3v) is 9.01. The van der Waals surface area contributed by atoms with Gasteiger partial charge in [0, 0.05) is 46.5 Å². The minimum absolute atomic E-state index is 0.165. The molecule has 2 N–H and O–H groups in total. The molecular formula is C20H25BrN2O2. The van der Waals surface area contributed by atoms with Crippen LogP contribution in [0.4, 0.5) is 5.69 Å². The standard InChI is InChI=1S/C20H25BrN2O2/c1-3-10-11-7-14-17-20(12-6-9(21)4-5-13(12)22(17)2)8-15(16(11)18(20)24)23(14)19(10)25/h4-6,10-11,14-19,24-25H,3,7-8H2,1-2H3/t10-,11?,14+,15+,16?,17+,18?,19+,20?/m1/s1. The second-order valence-electron chi connectivity index (χ2n) is 8.95. The first-order valence-corrected chi connectivity index (χ1v) is 10.5. The van der Waals surface area contributed by atoms with Crippen molar-refractivity contribution in [1.29, 1.82) is 0 Å². The van der Waals surface area contributed by atoms with Crippen LogP contribution >= 0.6 is 15.9 Å². The fourth-order valence-electron chi connectivity index (χ4n) is 7.89. The zero-order valence-electron chi connectivity index (χ0n) is 14.6. The average molecular weight is 405 g/mol. The Morgan fingerprint density at radius 2 is 2.08 bits per heavy atom. The van der Waals surface area contributed by atoms with E-state index in [4.69, 9.17) is 0 Å². The summed E-state index contributed by atoms with van der Waals surface area (Å²) in [5.41, 5.74) is 2.42. The second kappa shape index (κ2) is 4.61. The molecule has 5 bridgehead atoms. The molecule has 5 aliphatic heterocycles.